The lowest BCUT2D eigenvalue weighted by molar-refractivity contribution is -0.0499. The molecule has 17 heavy (non-hydrogen) atoms. The Balaban J connectivity index is 2.74. The normalized spacial score (nSPS) is 14.1. The van der Waals surface area contributed by atoms with Gasteiger partial charge in [0.25, 0.3) is 0 Å². The lowest BCUT2D eigenvalue weighted by atomic mass is 10.1. The molecule has 4 heteroatoms. The molecule has 0 bridgehead atoms. The van der Waals surface area contributed by atoms with E-state index in [1.165, 1.54) is 6.07 Å². The number of ether oxygens (including phenoxy) is 1. The Kier molecular flexibility index (Phi) is 4.92. The third-order valence-electron chi connectivity index (χ3n) is 2.33. The maximum absolute atomic E-state index is 12.1. The fourth-order valence-corrected chi connectivity index (χ4v) is 1.48. The van der Waals surface area contributed by atoms with Crippen LogP contribution in [0.5, 0.6) is 5.75 Å². The lowest BCUT2D eigenvalue weighted by Crippen LogP contribution is -2.27. The van der Waals surface area contributed by atoms with Crippen LogP contribution in [0.3, 0.4) is 0 Å². The van der Waals surface area contributed by atoms with Gasteiger partial charge in [0.05, 0.1) is 6.04 Å². The molecule has 0 saturated carbocycles. The van der Waals surface area contributed by atoms with Gasteiger partial charge in [-0.15, -0.1) is 6.42 Å². The van der Waals surface area contributed by atoms with Crippen LogP contribution in [0.4, 0.5) is 8.78 Å². The van der Waals surface area contributed by atoms with Gasteiger partial charge in [0, 0.05) is 6.04 Å². The highest BCUT2D eigenvalue weighted by Gasteiger charge is 2.10. The highest BCUT2D eigenvalue weighted by Crippen LogP contribution is 2.20. The van der Waals surface area contributed by atoms with Crippen molar-refractivity contribution in [1.29, 1.82) is 0 Å². The predicted molar refractivity (Wildman–Crippen MR) is 62.9 cm³/mol. The van der Waals surface area contributed by atoms with Crippen LogP contribution in [-0.4, -0.2) is 12.7 Å². The van der Waals surface area contributed by atoms with Gasteiger partial charge in [0.15, 0.2) is 0 Å². The molecule has 0 aliphatic carbocycles. The molecule has 2 atom stereocenters. The number of halogens is 2. The van der Waals surface area contributed by atoms with Crippen LogP contribution in [0.2, 0.25) is 0 Å². The smallest absolute Gasteiger partial charge is 0.387 e. The topological polar surface area (TPSA) is 21.3 Å². The number of terminal acetylenes is 1. The van der Waals surface area contributed by atoms with Crippen molar-refractivity contribution in [1.82, 2.24) is 5.32 Å². The van der Waals surface area contributed by atoms with Gasteiger partial charge in [-0.1, -0.05) is 18.1 Å². The van der Waals surface area contributed by atoms with Crippen molar-refractivity contribution in [2.24, 2.45) is 0 Å². The Morgan fingerprint density at radius 1 is 1.35 bits per heavy atom. The molecule has 0 aliphatic heterocycles. The van der Waals surface area contributed by atoms with Crippen LogP contribution < -0.4 is 10.1 Å². The zero-order valence-corrected chi connectivity index (χ0v) is 9.78. The quantitative estimate of drug-likeness (QED) is 0.798. The molecule has 0 radical (unpaired) electrons. The van der Waals surface area contributed by atoms with Crippen LogP contribution in [-0.2, 0) is 0 Å². The van der Waals surface area contributed by atoms with Crippen molar-refractivity contribution in [3.8, 4) is 18.1 Å². The van der Waals surface area contributed by atoms with Crippen molar-refractivity contribution < 1.29 is 13.5 Å². The summed E-state index contributed by atoms with van der Waals surface area (Å²) in [6.45, 7) is 0.962. The summed E-state index contributed by atoms with van der Waals surface area (Å²) in [4.78, 5) is 0. The lowest BCUT2D eigenvalue weighted by Gasteiger charge is -2.17. The van der Waals surface area contributed by atoms with E-state index in [4.69, 9.17) is 6.42 Å². The maximum atomic E-state index is 12.1. The molecule has 1 rings (SSSR count). The molecular weight excluding hydrogens is 224 g/mol. The molecule has 0 fully saturated rings. The average molecular weight is 239 g/mol. The maximum Gasteiger partial charge on any atom is 0.387 e. The fourth-order valence-electron chi connectivity index (χ4n) is 1.48. The minimum atomic E-state index is -2.81. The summed E-state index contributed by atoms with van der Waals surface area (Å²) >= 11 is 0. The highest BCUT2D eigenvalue weighted by molar-refractivity contribution is 5.30. The number of benzene rings is 1. The molecule has 1 N–H and O–H groups in total. The molecule has 0 aliphatic rings. The highest BCUT2D eigenvalue weighted by atomic mass is 19.3. The third kappa shape index (κ3) is 4.41. The third-order valence-corrected chi connectivity index (χ3v) is 2.33. The Bertz CT molecular complexity index is 401. The van der Waals surface area contributed by atoms with E-state index in [0.29, 0.717) is 0 Å². The molecule has 0 heterocycles. The molecular formula is C13H15F2NO. The number of alkyl halides is 2. The van der Waals surface area contributed by atoms with E-state index < -0.39 is 6.61 Å². The van der Waals surface area contributed by atoms with Crippen LogP contribution in [0, 0.1) is 12.3 Å². The molecule has 1 aromatic rings. The molecule has 0 aromatic heterocycles. The summed E-state index contributed by atoms with van der Waals surface area (Å²) in [5.74, 6) is 2.70. The van der Waals surface area contributed by atoms with Gasteiger partial charge in [-0.25, -0.2) is 0 Å². The second-order valence-electron chi connectivity index (χ2n) is 3.73. The van der Waals surface area contributed by atoms with Crippen molar-refractivity contribution in [3.63, 3.8) is 0 Å². The van der Waals surface area contributed by atoms with Gasteiger partial charge in [0.2, 0.25) is 0 Å². The largest absolute Gasteiger partial charge is 0.435 e. The van der Waals surface area contributed by atoms with Crippen LogP contribution in [0.1, 0.15) is 25.5 Å². The molecule has 2 nitrogen and oxygen atoms in total. The Morgan fingerprint density at radius 3 is 2.65 bits per heavy atom. The second-order valence-corrected chi connectivity index (χ2v) is 3.73. The summed E-state index contributed by atoms with van der Waals surface area (Å²) in [6.07, 6.45) is 5.26. The monoisotopic (exact) mass is 239 g/mol. The minimum Gasteiger partial charge on any atom is -0.435 e. The Labute approximate surface area is 100.0 Å². The summed E-state index contributed by atoms with van der Waals surface area (Å²) < 4.78 is 28.4. The minimum absolute atomic E-state index is 0.0257. The van der Waals surface area contributed by atoms with Gasteiger partial charge in [-0.05, 0) is 31.5 Å². The predicted octanol–water partition coefficient (Wildman–Crippen LogP) is 2.96. The van der Waals surface area contributed by atoms with Gasteiger partial charge in [0.1, 0.15) is 5.75 Å². The van der Waals surface area contributed by atoms with Crippen LogP contribution >= 0.6 is 0 Å². The first-order valence-corrected chi connectivity index (χ1v) is 5.30. The molecule has 2 unspecified atom stereocenters. The molecule has 0 spiro atoms. The zero-order chi connectivity index (χ0) is 12.8. The standard InChI is InChI=1S/C13H15F2NO/c1-4-9(2)16-10(3)11-6-5-7-12(8-11)17-13(14)15/h1,5-10,13,16H,2-3H3. The molecule has 92 valence electrons. The second kappa shape index (κ2) is 6.21. The first-order valence-electron chi connectivity index (χ1n) is 5.30. The number of hydrogen-bond acceptors (Lipinski definition) is 2. The SMILES string of the molecule is C#CC(C)NC(C)c1cccc(OC(F)F)c1. The molecule has 0 amide bonds. The number of nitrogens with one attached hydrogen (secondary N) is 1. The van der Waals surface area contributed by atoms with Crippen molar-refractivity contribution >= 4 is 0 Å². The van der Waals surface area contributed by atoms with E-state index in [0.717, 1.165) is 5.56 Å². The summed E-state index contributed by atoms with van der Waals surface area (Å²) in [7, 11) is 0. The van der Waals surface area contributed by atoms with Gasteiger partial charge in [-0.2, -0.15) is 8.78 Å². The first kappa shape index (κ1) is 13.5. The van der Waals surface area contributed by atoms with Crippen LogP contribution in [0.25, 0.3) is 0 Å². The van der Waals surface area contributed by atoms with Gasteiger partial charge < -0.3 is 4.74 Å². The Morgan fingerprint density at radius 2 is 2.06 bits per heavy atom. The number of hydrogen-bond donors (Lipinski definition) is 1. The van der Waals surface area contributed by atoms with E-state index in [1.54, 1.807) is 12.1 Å². The van der Waals surface area contributed by atoms with Gasteiger partial charge >= 0.3 is 6.61 Å². The van der Waals surface area contributed by atoms with Crippen molar-refractivity contribution in [2.45, 2.75) is 32.5 Å². The zero-order valence-electron chi connectivity index (χ0n) is 9.78. The van der Waals surface area contributed by atoms with Crippen LogP contribution in [0.15, 0.2) is 24.3 Å². The van der Waals surface area contributed by atoms with Crippen molar-refractivity contribution in [2.75, 3.05) is 0 Å². The fraction of sp³-hybridized carbons (Fsp3) is 0.385. The number of rotatable bonds is 5. The van der Waals surface area contributed by atoms with Crippen molar-refractivity contribution in [3.05, 3.63) is 29.8 Å². The van der Waals surface area contributed by atoms with E-state index >= 15 is 0 Å². The summed E-state index contributed by atoms with van der Waals surface area (Å²) in [6, 6.07) is 6.47. The first-order chi connectivity index (χ1) is 8.02. The summed E-state index contributed by atoms with van der Waals surface area (Å²) in [5, 5.41) is 3.15. The summed E-state index contributed by atoms with van der Waals surface area (Å²) in [5.41, 5.74) is 0.852. The van der Waals surface area contributed by atoms with E-state index in [1.807, 2.05) is 19.9 Å². The van der Waals surface area contributed by atoms with E-state index in [-0.39, 0.29) is 17.8 Å². The van der Waals surface area contributed by atoms with E-state index in [2.05, 4.69) is 16.0 Å². The van der Waals surface area contributed by atoms with Gasteiger partial charge in [-0.3, -0.25) is 5.32 Å². The Hall–Kier alpha value is -1.60. The molecule has 1 aromatic carbocycles. The molecule has 0 saturated heterocycles. The van der Waals surface area contributed by atoms with E-state index in [9.17, 15) is 8.78 Å². The average Bonchev–Trinajstić information content (AvgIpc) is 2.28.